The molecule has 0 aliphatic rings. The second kappa shape index (κ2) is 10.2. The molecular formula is C23H27N5O2S. The summed E-state index contributed by atoms with van der Waals surface area (Å²) in [5.41, 5.74) is 3.83. The summed E-state index contributed by atoms with van der Waals surface area (Å²) in [6.07, 6.45) is 0.796. The molecule has 3 aromatic rings. The van der Waals surface area contributed by atoms with E-state index in [0.29, 0.717) is 5.13 Å². The summed E-state index contributed by atoms with van der Waals surface area (Å²) in [6.45, 7) is 7.79. The predicted octanol–water partition coefficient (Wildman–Crippen LogP) is 4.86. The van der Waals surface area contributed by atoms with Crippen LogP contribution in [0.3, 0.4) is 0 Å². The van der Waals surface area contributed by atoms with Crippen molar-refractivity contribution in [2.75, 3.05) is 10.6 Å². The second-order valence-electron chi connectivity index (χ2n) is 7.60. The van der Waals surface area contributed by atoms with Gasteiger partial charge in [-0.1, -0.05) is 74.1 Å². The van der Waals surface area contributed by atoms with Crippen LogP contribution in [0.2, 0.25) is 0 Å². The van der Waals surface area contributed by atoms with Crippen molar-refractivity contribution in [1.82, 2.24) is 15.5 Å². The van der Waals surface area contributed by atoms with Gasteiger partial charge in [-0.3, -0.25) is 10.1 Å². The second-order valence-corrected chi connectivity index (χ2v) is 8.58. The minimum atomic E-state index is -0.722. The average Bonchev–Trinajstić information content (AvgIpc) is 3.20. The fourth-order valence-corrected chi connectivity index (χ4v) is 3.88. The molecule has 3 N–H and O–H groups in total. The van der Waals surface area contributed by atoms with Gasteiger partial charge in [-0.25, -0.2) is 4.79 Å². The highest BCUT2D eigenvalue weighted by Crippen LogP contribution is 2.27. The monoisotopic (exact) mass is 437 g/mol. The first-order chi connectivity index (χ1) is 14.9. The van der Waals surface area contributed by atoms with E-state index in [2.05, 4.69) is 26.1 Å². The maximum atomic E-state index is 12.9. The number of nitrogens with one attached hydrogen (secondary N) is 3. The van der Waals surface area contributed by atoms with E-state index >= 15 is 0 Å². The van der Waals surface area contributed by atoms with Gasteiger partial charge >= 0.3 is 6.03 Å². The van der Waals surface area contributed by atoms with Gasteiger partial charge in [0.1, 0.15) is 11.0 Å². The number of para-hydroxylation sites is 1. The fraction of sp³-hybridized carbons (Fsp3) is 0.304. The van der Waals surface area contributed by atoms with Gasteiger partial charge in [0, 0.05) is 11.3 Å². The van der Waals surface area contributed by atoms with Gasteiger partial charge in [-0.15, -0.1) is 10.2 Å². The average molecular weight is 438 g/mol. The van der Waals surface area contributed by atoms with Crippen LogP contribution >= 0.6 is 11.3 Å². The van der Waals surface area contributed by atoms with Crippen LogP contribution in [0.4, 0.5) is 15.6 Å². The van der Waals surface area contributed by atoms with Crippen molar-refractivity contribution in [2.45, 2.75) is 40.2 Å². The molecule has 1 aromatic heterocycles. The molecule has 162 valence electrons. The quantitative estimate of drug-likeness (QED) is 0.492. The Bertz CT molecular complexity index is 1060. The van der Waals surface area contributed by atoms with E-state index in [1.54, 1.807) is 0 Å². The summed E-state index contributed by atoms with van der Waals surface area (Å²) in [5.74, 6) is -0.447. The van der Waals surface area contributed by atoms with Crippen molar-refractivity contribution >= 4 is 34.1 Å². The van der Waals surface area contributed by atoms with E-state index in [9.17, 15) is 9.59 Å². The molecule has 2 aromatic carbocycles. The Hall–Kier alpha value is -3.26. The summed E-state index contributed by atoms with van der Waals surface area (Å²) in [6, 6.07) is 14.4. The normalized spacial score (nSPS) is 11.8. The zero-order valence-corrected chi connectivity index (χ0v) is 18.9. The Morgan fingerprint density at radius 1 is 1.03 bits per heavy atom. The van der Waals surface area contributed by atoms with Crippen molar-refractivity contribution in [3.05, 3.63) is 59.7 Å². The lowest BCUT2D eigenvalue weighted by molar-refractivity contribution is -0.118. The highest BCUT2D eigenvalue weighted by atomic mass is 32.1. The molecule has 0 aliphatic heterocycles. The molecule has 0 aliphatic carbocycles. The minimum absolute atomic E-state index is 0.115. The number of aromatic nitrogens is 2. The summed E-state index contributed by atoms with van der Waals surface area (Å²) in [7, 11) is 0. The molecule has 3 amide bonds. The SMILES string of the molecule is CCc1ccccc1NC(=O)NC(C(=O)Nc1nnc(-c2cccc(C)c2)s1)C(C)C. The molecule has 0 fully saturated rings. The molecule has 31 heavy (non-hydrogen) atoms. The molecule has 0 bridgehead atoms. The van der Waals surface area contributed by atoms with Gasteiger partial charge in [0.15, 0.2) is 0 Å². The van der Waals surface area contributed by atoms with Crippen LogP contribution in [0, 0.1) is 12.8 Å². The molecular weight excluding hydrogens is 410 g/mol. The zero-order valence-electron chi connectivity index (χ0n) is 18.1. The molecule has 0 spiro atoms. The van der Waals surface area contributed by atoms with Gasteiger partial charge in [0.25, 0.3) is 0 Å². The van der Waals surface area contributed by atoms with Crippen LogP contribution in [0.1, 0.15) is 31.9 Å². The van der Waals surface area contributed by atoms with Crippen LogP contribution in [0.5, 0.6) is 0 Å². The maximum absolute atomic E-state index is 12.9. The molecule has 8 heteroatoms. The van der Waals surface area contributed by atoms with Gasteiger partial charge in [0.05, 0.1) is 0 Å². The van der Waals surface area contributed by atoms with Gasteiger partial charge in [-0.2, -0.15) is 0 Å². The summed E-state index contributed by atoms with van der Waals surface area (Å²) in [4.78, 5) is 25.4. The molecule has 1 heterocycles. The minimum Gasteiger partial charge on any atom is -0.326 e. The Balaban J connectivity index is 1.66. The largest absolute Gasteiger partial charge is 0.326 e. The summed E-state index contributed by atoms with van der Waals surface area (Å²) in [5, 5.41) is 17.8. The first-order valence-electron chi connectivity index (χ1n) is 10.2. The Labute approximate surface area is 186 Å². The number of amides is 3. The molecule has 1 atom stereocenters. The highest BCUT2D eigenvalue weighted by molar-refractivity contribution is 7.18. The van der Waals surface area contributed by atoms with Crippen LogP contribution in [-0.4, -0.2) is 28.2 Å². The number of anilines is 2. The van der Waals surface area contributed by atoms with Gasteiger partial charge in [-0.05, 0) is 37.0 Å². The number of hydrogen-bond donors (Lipinski definition) is 3. The van der Waals surface area contributed by atoms with E-state index in [0.717, 1.165) is 33.8 Å². The molecule has 0 radical (unpaired) electrons. The smallest absolute Gasteiger partial charge is 0.319 e. The number of carbonyl (C=O) groups excluding carboxylic acids is 2. The third-order valence-corrected chi connectivity index (χ3v) is 5.69. The molecule has 7 nitrogen and oxygen atoms in total. The lowest BCUT2D eigenvalue weighted by Gasteiger charge is -2.21. The van der Waals surface area contributed by atoms with Gasteiger partial charge < -0.3 is 10.6 Å². The molecule has 0 saturated heterocycles. The number of carbonyl (C=O) groups is 2. The molecule has 3 rings (SSSR count). The first kappa shape index (κ1) is 22.4. The highest BCUT2D eigenvalue weighted by Gasteiger charge is 2.25. The third kappa shape index (κ3) is 5.88. The molecule has 0 saturated carbocycles. The van der Waals surface area contributed by atoms with E-state index in [1.165, 1.54) is 11.3 Å². The Morgan fingerprint density at radius 2 is 1.81 bits per heavy atom. The van der Waals surface area contributed by atoms with Crippen molar-refractivity contribution in [3.8, 4) is 10.6 Å². The Morgan fingerprint density at radius 3 is 2.52 bits per heavy atom. The number of rotatable bonds is 7. The van der Waals surface area contributed by atoms with E-state index in [1.807, 2.05) is 76.2 Å². The predicted molar refractivity (Wildman–Crippen MR) is 125 cm³/mol. The summed E-state index contributed by atoms with van der Waals surface area (Å²) >= 11 is 1.30. The Kier molecular flexibility index (Phi) is 7.36. The zero-order chi connectivity index (χ0) is 22.4. The maximum Gasteiger partial charge on any atom is 0.319 e. The summed E-state index contributed by atoms with van der Waals surface area (Å²) < 4.78 is 0. The van der Waals surface area contributed by atoms with E-state index in [4.69, 9.17) is 0 Å². The first-order valence-corrected chi connectivity index (χ1v) is 11.1. The van der Waals surface area contributed by atoms with Crippen LogP contribution < -0.4 is 16.0 Å². The van der Waals surface area contributed by atoms with E-state index < -0.39 is 12.1 Å². The fourth-order valence-electron chi connectivity index (χ4n) is 3.14. The topological polar surface area (TPSA) is 96.0 Å². The van der Waals surface area contributed by atoms with Crippen molar-refractivity contribution in [1.29, 1.82) is 0 Å². The van der Waals surface area contributed by atoms with Crippen molar-refractivity contribution < 1.29 is 9.59 Å². The van der Waals surface area contributed by atoms with E-state index in [-0.39, 0.29) is 11.8 Å². The third-order valence-electron chi connectivity index (χ3n) is 4.80. The molecule has 1 unspecified atom stereocenters. The van der Waals surface area contributed by atoms with Gasteiger partial charge in [0.2, 0.25) is 11.0 Å². The number of benzene rings is 2. The lowest BCUT2D eigenvalue weighted by Crippen LogP contribution is -2.48. The number of nitrogens with zero attached hydrogens (tertiary/aromatic N) is 2. The standard InChI is InChI=1S/C23H27N5O2S/c1-5-16-10-6-7-12-18(16)24-22(30)25-19(14(2)3)20(29)26-23-28-27-21(31-23)17-11-8-9-15(4)13-17/h6-14,19H,5H2,1-4H3,(H2,24,25,30)(H,26,28,29). The van der Waals surface area contributed by atoms with Crippen molar-refractivity contribution in [3.63, 3.8) is 0 Å². The number of urea groups is 1. The lowest BCUT2D eigenvalue weighted by atomic mass is 10.0. The van der Waals surface area contributed by atoms with Crippen LogP contribution in [0.25, 0.3) is 10.6 Å². The van der Waals surface area contributed by atoms with Crippen LogP contribution in [-0.2, 0) is 11.2 Å². The van der Waals surface area contributed by atoms with Crippen LogP contribution in [0.15, 0.2) is 48.5 Å². The number of hydrogen-bond acceptors (Lipinski definition) is 5. The number of aryl methyl sites for hydroxylation is 2. The van der Waals surface area contributed by atoms with Crippen molar-refractivity contribution in [2.24, 2.45) is 5.92 Å².